The summed E-state index contributed by atoms with van der Waals surface area (Å²) in [5.41, 5.74) is 3.30. The van der Waals surface area contributed by atoms with Crippen molar-refractivity contribution in [3.05, 3.63) is 59.2 Å². The maximum absolute atomic E-state index is 12.8. The number of hydrogen-bond donors (Lipinski definition) is 2. The minimum atomic E-state index is -0.660. The molecule has 5 nitrogen and oxygen atoms in total. The van der Waals surface area contributed by atoms with E-state index in [0.717, 1.165) is 16.8 Å². The normalized spacial score (nSPS) is 11.8. The summed E-state index contributed by atoms with van der Waals surface area (Å²) in [5, 5.41) is 5.80. The molecule has 0 saturated heterocycles. The molecule has 0 bridgehead atoms. The average Bonchev–Trinajstić information content (AvgIpc) is 2.63. The van der Waals surface area contributed by atoms with E-state index in [1.807, 2.05) is 58.9 Å². The van der Waals surface area contributed by atoms with Gasteiger partial charge >= 0.3 is 0 Å². The van der Waals surface area contributed by atoms with E-state index < -0.39 is 6.04 Å². The standard InChI is InChI=1S/C22H28N2O3/c1-6-27-19-13-8-7-11-17(19)21(25)24-20(14(2)3)22(26)23-18-12-9-10-15(4)16(18)5/h7-14,20H,6H2,1-5H3,(H,23,26)(H,24,25)/t20-/m0/s1. The Morgan fingerprint density at radius 1 is 1.04 bits per heavy atom. The molecule has 2 N–H and O–H groups in total. The van der Waals surface area contributed by atoms with Crippen LogP contribution in [0, 0.1) is 19.8 Å². The minimum Gasteiger partial charge on any atom is -0.493 e. The van der Waals surface area contributed by atoms with Crippen LogP contribution in [0.25, 0.3) is 0 Å². The fourth-order valence-electron chi connectivity index (χ4n) is 2.79. The molecule has 2 rings (SSSR count). The monoisotopic (exact) mass is 368 g/mol. The van der Waals surface area contributed by atoms with Crippen LogP contribution >= 0.6 is 0 Å². The number of ether oxygens (including phenoxy) is 1. The molecule has 144 valence electrons. The van der Waals surface area contributed by atoms with Crippen LogP contribution in [0.2, 0.25) is 0 Å². The van der Waals surface area contributed by atoms with Crippen molar-refractivity contribution in [1.82, 2.24) is 5.32 Å². The van der Waals surface area contributed by atoms with Gasteiger partial charge in [0, 0.05) is 5.69 Å². The smallest absolute Gasteiger partial charge is 0.255 e. The van der Waals surface area contributed by atoms with Crippen molar-refractivity contribution in [3.63, 3.8) is 0 Å². The third-order valence-electron chi connectivity index (χ3n) is 4.53. The maximum Gasteiger partial charge on any atom is 0.255 e. The number of anilines is 1. The predicted molar refractivity (Wildman–Crippen MR) is 108 cm³/mol. The van der Waals surface area contributed by atoms with Gasteiger partial charge < -0.3 is 15.4 Å². The van der Waals surface area contributed by atoms with Crippen LogP contribution in [0.15, 0.2) is 42.5 Å². The second kappa shape index (κ2) is 9.21. The lowest BCUT2D eigenvalue weighted by atomic mass is 10.0. The molecule has 0 heterocycles. The van der Waals surface area contributed by atoms with Crippen LogP contribution in [-0.2, 0) is 4.79 Å². The molecule has 0 fully saturated rings. The molecule has 27 heavy (non-hydrogen) atoms. The molecule has 0 aliphatic carbocycles. The molecule has 5 heteroatoms. The van der Waals surface area contributed by atoms with E-state index in [9.17, 15) is 9.59 Å². The number of carbonyl (C=O) groups excluding carboxylic acids is 2. The summed E-state index contributed by atoms with van der Waals surface area (Å²) in [6.45, 7) is 10.1. The summed E-state index contributed by atoms with van der Waals surface area (Å²) < 4.78 is 5.52. The molecule has 2 aromatic rings. The molecule has 0 aliphatic heterocycles. The molecule has 0 spiro atoms. The molecule has 0 aliphatic rings. The van der Waals surface area contributed by atoms with Crippen LogP contribution in [0.4, 0.5) is 5.69 Å². The molecule has 0 saturated carbocycles. The van der Waals surface area contributed by atoms with Gasteiger partial charge in [-0.3, -0.25) is 9.59 Å². The van der Waals surface area contributed by atoms with Gasteiger partial charge in [-0.1, -0.05) is 38.1 Å². The number of aryl methyl sites for hydroxylation is 1. The second-order valence-electron chi connectivity index (χ2n) is 6.86. The molecule has 2 aromatic carbocycles. The first-order valence-electron chi connectivity index (χ1n) is 9.24. The van der Waals surface area contributed by atoms with Crippen LogP contribution in [-0.4, -0.2) is 24.5 Å². The van der Waals surface area contributed by atoms with E-state index in [2.05, 4.69) is 10.6 Å². The summed E-state index contributed by atoms with van der Waals surface area (Å²) in [6.07, 6.45) is 0. The molecule has 2 amide bonds. The molecule has 0 unspecified atom stereocenters. The van der Waals surface area contributed by atoms with Crippen LogP contribution in [0.1, 0.15) is 42.3 Å². The highest BCUT2D eigenvalue weighted by Gasteiger charge is 2.26. The molecule has 0 radical (unpaired) electrons. The first-order chi connectivity index (χ1) is 12.8. The predicted octanol–water partition coefficient (Wildman–Crippen LogP) is 4.10. The fourth-order valence-corrected chi connectivity index (χ4v) is 2.79. The molecule has 1 atom stereocenters. The topological polar surface area (TPSA) is 67.4 Å². The van der Waals surface area contributed by atoms with Crippen LogP contribution < -0.4 is 15.4 Å². The summed E-state index contributed by atoms with van der Waals surface area (Å²) in [7, 11) is 0. The van der Waals surface area contributed by atoms with Gasteiger partial charge in [-0.15, -0.1) is 0 Å². The fraction of sp³-hybridized carbons (Fsp3) is 0.364. The van der Waals surface area contributed by atoms with E-state index in [1.54, 1.807) is 18.2 Å². The Balaban J connectivity index is 2.19. The molecule has 0 aromatic heterocycles. The van der Waals surface area contributed by atoms with Gasteiger partial charge in [0.05, 0.1) is 12.2 Å². The minimum absolute atomic E-state index is 0.0710. The summed E-state index contributed by atoms with van der Waals surface area (Å²) in [4.78, 5) is 25.6. The van der Waals surface area contributed by atoms with Crippen molar-refractivity contribution in [2.45, 2.75) is 40.7 Å². The second-order valence-corrected chi connectivity index (χ2v) is 6.86. The van der Waals surface area contributed by atoms with Gasteiger partial charge in [0.25, 0.3) is 5.91 Å². The van der Waals surface area contributed by atoms with Crippen LogP contribution in [0.5, 0.6) is 5.75 Å². The van der Waals surface area contributed by atoms with E-state index in [-0.39, 0.29) is 17.7 Å². The molecular formula is C22H28N2O3. The van der Waals surface area contributed by atoms with Gasteiger partial charge in [0.15, 0.2) is 0 Å². The van der Waals surface area contributed by atoms with Crippen molar-refractivity contribution in [3.8, 4) is 5.75 Å². The zero-order valence-corrected chi connectivity index (χ0v) is 16.6. The highest BCUT2D eigenvalue weighted by molar-refractivity contribution is 6.02. The van der Waals surface area contributed by atoms with Crippen LogP contribution in [0.3, 0.4) is 0 Å². The van der Waals surface area contributed by atoms with Crippen molar-refractivity contribution in [1.29, 1.82) is 0 Å². The third-order valence-corrected chi connectivity index (χ3v) is 4.53. The zero-order chi connectivity index (χ0) is 20.0. The number of carbonyl (C=O) groups is 2. The van der Waals surface area contributed by atoms with Gasteiger partial charge in [0.2, 0.25) is 5.91 Å². The van der Waals surface area contributed by atoms with Gasteiger partial charge in [-0.05, 0) is 56.0 Å². The number of hydrogen-bond acceptors (Lipinski definition) is 3. The van der Waals surface area contributed by atoms with Crippen molar-refractivity contribution < 1.29 is 14.3 Å². The highest BCUT2D eigenvalue weighted by Crippen LogP contribution is 2.20. The Kier molecular flexibility index (Phi) is 6.99. The van der Waals surface area contributed by atoms with Gasteiger partial charge in [-0.2, -0.15) is 0 Å². The summed E-state index contributed by atoms with van der Waals surface area (Å²) >= 11 is 0. The Morgan fingerprint density at radius 2 is 1.74 bits per heavy atom. The Labute approximate surface area is 161 Å². The lowest BCUT2D eigenvalue weighted by Crippen LogP contribution is -2.47. The number of amides is 2. The first-order valence-corrected chi connectivity index (χ1v) is 9.24. The lowest BCUT2D eigenvalue weighted by molar-refractivity contribution is -0.118. The number of benzene rings is 2. The van der Waals surface area contributed by atoms with E-state index in [1.165, 1.54) is 0 Å². The van der Waals surface area contributed by atoms with Crippen molar-refractivity contribution >= 4 is 17.5 Å². The van der Waals surface area contributed by atoms with E-state index >= 15 is 0 Å². The summed E-state index contributed by atoms with van der Waals surface area (Å²) in [6, 6.07) is 12.1. The SMILES string of the molecule is CCOc1ccccc1C(=O)N[C@H](C(=O)Nc1cccc(C)c1C)C(C)C. The van der Waals surface area contributed by atoms with E-state index in [4.69, 9.17) is 4.74 Å². The Bertz CT molecular complexity index is 815. The van der Waals surface area contributed by atoms with Gasteiger partial charge in [-0.25, -0.2) is 0 Å². The number of para-hydroxylation sites is 1. The van der Waals surface area contributed by atoms with Crippen molar-refractivity contribution in [2.24, 2.45) is 5.92 Å². The first kappa shape index (κ1) is 20.5. The number of nitrogens with one attached hydrogen (secondary N) is 2. The zero-order valence-electron chi connectivity index (χ0n) is 16.6. The van der Waals surface area contributed by atoms with Gasteiger partial charge in [0.1, 0.15) is 11.8 Å². The number of rotatable bonds is 7. The lowest BCUT2D eigenvalue weighted by Gasteiger charge is -2.23. The Hall–Kier alpha value is -2.82. The average molecular weight is 368 g/mol. The molecular weight excluding hydrogens is 340 g/mol. The quantitative estimate of drug-likeness (QED) is 0.773. The third kappa shape index (κ3) is 5.09. The van der Waals surface area contributed by atoms with Crippen molar-refractivity contribution in [2.75, 3.05) is 11.9 Å². The summed E-state index contributed by atoms with van der Waals surface area (Å²) in [5.74, 6) is -0.122. The van der Waals surface area contributed by atoms with E-state index in [0.29, 0.717) is 17.9 Å². The largest absolute Gasteiger partial charge is 0.493 e. The highest BCUT2D eigenvalue weighted by atomic mass is 16.5. The Morgan fingerprint density at radius 3 is 2.41 bits per heavy atom. The maximum atomic E-state index is 12.8.